The van der Waals surface area contributed by atoms with Crippen molar-refractivity contribution in [2.45, 2.75) is 17.9 Å². The molecular weight excluding hydrogens is 516 g/mol. The van der Waals surface area contributed by atoms with Crippen molar-refractivity contribution in [1.29, 1.82) is 5.26 Å². The number of nitrogen functional groups attached to an aromatic ring is 1. The van der Waals surface area contributed by atoms with Gasteiger partial charge in [0.1, 0.15) is 23.3 Å². The van der Waals surface area contributed by atoms with E-state index in [1.165, 1.54) is 29.2 Å². The highest BCUT2D eigenvalue weighted by atomic mass is 32.2. The van der Waals surface area contributed by atoms with Gasteiger partial charge in [0, 0.05) is 24.2 Å². The number of anilines is 2. The molecule has 0 radical (unpaired) electrons. The van der Waals surface area contributed by atoms with Crippen molar-refractivity contribution in [2.75, 3.05) is 17.3 Å². The highest BCUT2D eigenvalue weighted by Crippen LogP contribution is 2.29. The molecule has 0 spiro atoms. The second-order valence-corrected chi connectivity index (χ2v) is 10.8. The van der Waals surface area contributed by atoms with Crippen LogP contribution < -0.4 is 16.6 Å². The van der Waals surface area contributed by atoms with E-state index in [4.69, 9.17) is 10.7 Å². The predicted octanol–water partition coefficient (Wildman–Crippen LogP) is 3.27. The molecule has 3 N–H and O–H groups in total. The number of rotatable bonds is 6. The first-order valence-electron chi connectivity index (χ1n) is 11.7. The Kier molecular flexibility index (Phi) is 6.51. The third-order valence-electron chi connectivity index (χ3n) is 6.06. The predicted molar refractivity (Wildman–Crippen MR) is 147 cm³/mol. The lowest BCUT2D eigenvalue weighted by molar-refractivity contribution is 0.601. The fourth-order valence-corrected chi connectivity index (χ4v) is 4.82. The maximum absolute atomic E-state index is 14.2. The lowest BCUT2D eigenvalue weighted by atomic mass is 10.0. The van der Waals surface area contributed by atoms with Gasteiger partial charge in [-0.3, -0.25) is 14.3 Å². The van der Waals surface area contributed by atoms with Crippen LogP contribution in [-0.4, -0.2) is 39.2 Å². The molecule has 2 aromatic carbocycles. The van der Waals surface area contributed by atoms with Gasteiger partial charge < -0.3 is 11.1 Å². The molecule has 194 valence electrons. The number of aromatic nitrogens is 5. The molecule has 12 heteroatoms. The van der Waals surface area contributed by atoms with Crippen LogP contribution in [-0.2, 0) is 9.84 Å². The number of nitrogens with two attached hydrogens (primary N) is 1. The lowest BCUT2D eigenvalue weighted by Gasteiger charge is -2.21. The Morgan fingerprint density at radius 3 is 2.54 bits per heavy atom. The van der Waals surface area contributed by atoms with Gasteiger partial charge in [-0.1, -0.05) is 30.3 Å². The van der Waals surface area contributed by atoms with E-state index >= 15 is 0 Å². The fraction of sp³-hybridized carbons (Fsp3) is 0.111. The van der Waals surface area contributed by atoms with Gasteiger partial charge in [0.2, 0.25) is 5.95 Å². The standard InChI is InChI=1S/C27H22N8O3S/c1-16(32-24-18(12-28)14-31-27(29)34-24)25-33-22-10-6-9-21(17-11-20(15-30-13-17)39(2,37)38)23(22)26(36)35(25)19-7-4-3-5-8-19/h3-11,13-16H,1-2H3,(H3,29,31,32,34). The average molecular weight is 539 g/mol. The molecule has 0 amide bonds. The van der Waals surface area contributed by atoms with Crippen molar-refractivity contribution in [2.24, 2.45) is 0 Å². The minimum Gasteiger partial charge on any atom is -0.368 e. The summed E-state index contributed by atoms with van der Waals surface area (Å²) >= 11 is 0. The van der Waals surface area contributed by atoms with E-state index in [0.29, 0.717) is 33.5 Å². The molecule has 0 fully saturated rings. The molecule has 0 saturated heterocycles. The third kappa shape index (κ3) is 4.90. The summed E-state index contributed by atoms with van der Waals surface area (Å²) in [5, 5.41) is 12.9. The number of nitriles is 1. The Bertz CT molecular complexity index is 1930. The zero-order valence-corrected chi connectivity index (χ0v) is 21.7. The van der Waals surface area contributed by atoms with Crippen LogP contribution in [0.3, 0.4) is 0 Å². The van der Waals surface area contributed by atoms with Crippen LogP contribution in [0.1, 0.15) is 24.4 Å². The second-order valence-electron chi connectivity index (χ2n) is 8.80. The number of para-hydroxylation sites is 1. The van der Waals surface area contributed by atoms with E-state index in [1.54, 1.807) is 49.4 Å². The van der Waals surface area contributed by atoms with Gasteiger partial charge in [0.25, 0.3) is 5.56 Å². The van der Waals surface area contributed by atoms with E-state index in [9.17, 15) is 18.5 Å². The number of pyridine rings is 1. The second kappa shape index (κ2) is 9.96. The van der Waals surface area contributed by atoms with Gasteiger partial charge in [0.05, 0.1) is 33.7 Å². The first kappa shape index (κ1) is 25.5. The number of hydrogen-bond donors (Lipinski definition) is 2. The molecule has 5 rings (SSSR count). The largest absolute Gasteiger partial charge is 0.368 e. The first-order valence-corrected chi connectivity index (χ1v) is 13.6. The number of fused-ring (bicyclic) bond motifs is 1. The molecule has 0 saturated carbocycles. The maximum Gasteiger partial charge on any atom is 0.266 e. The Morgan fingerprint density at radius 2 is 1.82 bits per heavy atom. The number of nitrogens with one attached hydrogen (secondary N) is 1. The van der Waals surface area contributed by atoms with Crippen LogP contribution >= 0.6 is 0 Å². The quantitative estimate of drug-likeness (QED) is 0.327. The molecule has 39 heavy (non-hydrogen) atoms. The molecule has 3 heterocycles. The summed E-state index contributed by atoms with van der Waals surface area (Å²) < 4.78 is 25.8. The summed E-state index contributed by atoms with van der Waals surface area (Å²) in [4.78, 5) is 31.2. The fourth-order valence-electron chi connectivity index (χ4n) is 4.23. The molecule has 1 unspecified atom stereocenters. The topological polar surface area (TPSA) is 170 Å². The van der Waals surface area contributed by atoms with Gasteiger partial charge in [-0.2, -0.15) is 10.2 Å². The van der Waals surface area contributed by atoms with Gasteiger partial charge in [-0.05, 0) is 36.8 Å². The van der Waals surface area contributed by atoms with Gasteiger partial charge in [-0.15, -0.1) is 0 Å². The maximum atomic E-state index is 14.2. The molecule has 5 aromatic rings. The van der Waals surface area contributed by atoms with Crippen LogP contribution in [0.4, 0.5) is 11.8 Å². The summed E-state index contributed by atoms with van der Waals surface area (Å²) in [6.45, 7) is 1.79. The molecule has 0 bridgehead atoms. The third-order valence-corrected chi connectivity index (χ3v) is 7.14. The highest BCUT2D eigenvalue weighted by molar-refractivity contribution is 7.90. The van der Waals surface area contributed by atoms with Crippen LogP contribution in [0, 0.1) is 11.3 Å². The van der Waals surface area contributed by atoms with E-state index in [0.717, 1.165) is 6.26 Å². The lowest BCUT2D eigenvalue weighted by Crippen LogP contribution is -2.28. The molecule has 0 aliphatic carbocycles. The molecule has 11 nitrogen and oxygen atoms in total. The monoisotopic (exact) mass is 538 g/mol. The Morgan fingerprint density at radius 1 is 1.05 bits per heavy atom. The van der Waals surface area contributed by atoms with Crippen LogP contribution in [0.25, 0.3) is 27.7 Å². The molecule has 3 aromatic heterocycles. The van der Waals surface area contributed by atoms with Crippen molar-refractivity contribution in [3.8, 4) is 22.9 Å². The summed E-state index contributed by atoms with van der Waals surface area (Å²) in [7, 11) is -3.52. The van der Waals surface area contributed by atoms with E-state index in [-0.39, 0.29) is 27.8 Å². The van der Waals surface area contributed by atoms with Crippen molar-refractivity contribution < 1.29 is 8.42 Å². The summed E-state index contributed by atoms with van der Waals surface area (Å²) in [5.74, 6) is 0.564. The van der Waals surface area contributed by atoms with E-state index in [2.05, 4.69) is 20.3 Å². The normalized spacial score (nSPS) is 12.1. The number of nitrogens with zero attached hydrogens (tertiary/aromatic N) is 6. The number of benzene rings is 2. The molecule has 1 atom stereocenters. The zero-order chi connectivity index (χ0) is 27.7. The minimum atomic E-state index is -3.52. The summed E-state index contributed by atoms with van der Waals surface area (Å²) in [6.07, 6.45) is 5.20. The van der Waals surface area contributed by atoms with Crippen molar-refractivity contribution in [3.05, 3.63) is 94.9 Å². The van der Waals surface area contributed by atoms with Crippen LogP contribution in [0.5, 0.6) is 0 Å². The number of hydrogen-bond acceptors (Lipinski definition) is 10. The highest BCUT2D eigenvalue weighted by Gasteiger charge is 2.22. The van der Waals surface area contributed by atoms with Crippen LogP contribution in [0.15, 0.2) is 82.9 Å². The van der Waals surface area contributed by atoms with Gasteiger partial charge >= 0.3 is 0 Å². The van der Waals surface area contributed by atoms with Crippen molar-refractivity contribution >= 4 is 32.5 Å². The smallest absolute Gasteiger partial charge is 0.266 e. The van der Waals surface area contributed by atoms with Crippen LogP contribution in [0.2, 0.25) is 0 Å². The average Bonchev–Trinajstić information content (AvgIpc) is 2.93. The summed E-state index contributed by atoms with van der Waals surface area (Å²) in [5.41, 5.74) is 7.50. The van der Waals surface area contributed by atoms with Crippen molar-refractivity contribution in [1.82, 2.24) is 24.5 Å². The van der Waals surface area contributed by atoms with Crippen molar-refractivity contribution in [3.63, 3.8) is 0 Å². The summed E-state index contributed by atoms with van der Waals surface area (Å²) in [6, 6.07) is 17.1. The molecular formula is C27H22N8O3S. The zero-order valence-electron chi connectivity index (χ0n) is 20.9. The number of sulfone groups is 1. The van der Waals surface area contributed by atoms with Gasteiger partial charge in [-0.25, -0.2) is 18.4 Å². The van der Waals surface area contributed by atoms with Gasteiger partial charge in [0.15, 0.2) is 9.84 Å². The van der Waals surface area contributed by atoms with E-state index in [1.807, 2.05) is 12.1 Å². The first-order chi connectivity index (χ1) is 18.7. The Balaban J connectivity index is 1.76. The molecule has 0 aliphatic rings. The van der Waals surface area contributed by atoms with E-state index < -0.39 is 15.9 Å². The molecule has 0 aliphatic heterocycles. The Hall–Kier alpha value is -5.15. The SMILES string of the molecule is CC(Nc1nc(N)ncc1C#N)c1nc2cccc(-c3cncc(S(C)(=O)=O)c3)c2c(=O)n1-c1ccccc1. The minimum absolute atomic E-state index is 0.00908. The Labute approximate surface area is 223 Å².